The Labute approximate surface area is 222 Å². The predicted octanol–water partition coefficient (Wildman–Crippen LogP) is 11.6. The van der Waals surface area contributed by atoms with Gasteiger partial charge < -0.3 is 0 Å². The monoisotopic (exact) mass is 526 g/mol. The first-order chi connectivity index (χ1) is 16.3. The van der Waals surface area contributed by atoms with Crippen LogP contribution in [0.15, 0.2) is 48.5 Å². The third-order valence-corrected chi connectivity index (χ3v) is 8.09. The van der Waals surface area contributed by atoms with Crippen molar-refractivity contribution in [1.29, 1.82) is 0 Å². The van der Waals surface area contributed by atoms with Gasteiger partial charge in [-0.25, -0.2) is 0 Å². The van der Waals surface area contributed by atoms with Gasteiger partial charge in [-0.15, -0.1) is 17.0 Å². The summed E-state index contributed by atoms with van der Waals surface area (Å²) in [6.45, 7) is 4.62. The SMILES string of the molecule is Br.CCCCCCCCCCC1(CCCCCCCCCC)c2ccccc2-c2ccccc21. The van der Waals surface area contributed by atoms with Crippen LogP contribution in [0.3, 0.4) is 0 Å². The van der Waals surface area contributed by atoms with E-state index in [0.717, 1.165) is 0 Å². The summed E-state index contributed by atoms with van der Waals surface area (Å²) < 4.78 is 0. The molecule has 0 nitrogen and oxygen atoms in total. The Bertz CT molecular complexity index is 725. The van der Waals surface area contributed by atoms with Gasteiger partial charge in [0.2, 0.25) is 0 Å². The van der Waals surface area contributed by atoms with Gasteiger partial charge >= 0.3 is 0 Å². The van der Waals surface area contributed by atoms with Crippen molar-refractivity contribution >= 4 is 17.0 Å². The fourth-order valence-corrected chi connectivity index (χ4v) is 6.20. The van der Waals surface area contributed by atoms with Crippen LogP contribution in [-0.4, -0.2) is 0 Å². The highest BCUT2D eigenvalue weighted by atomic mass is 79.9. The molecule has 190 valence electrons. The Hall–Kier alpha value is -1.08. The van der Waals surface area contributed by atoms with E-state index < -0.39 is 0 Å². The molecular weight excluding hydrogens is 476 g/mol. The highest BCUT2D eigenvalue weighted by molar-refractivity contribution is 8.93. The number of hydrogen-bond donors (Lipinski definition) is 0. The first-order valence-corrected chi connectivity index (χ1v) is 14.5. The van der Waals surface area contributed by atoms with E-state index in [9.17, 15) is 0 Å². The number of unbranched alkanes of at least 4 members (excludes halogenated alkanes) is 14. The standard InChI is InChI=1S/C33H50.BrH/c1-3-5-7-9-11-13-15-21-27-33(28-22-16-14-12-10-8-6-4-2)31-25-19-17-23-29(31)30-24-18-20-26-32(30)33;/h17-20,23-26H,3-16,21-22,27-28H2,1-2H3;1H. The average molecular weight is 528 g/mol. The van der Waals surface area contributed by atoms with E-state index in [2.05, 4.69) is 62.4 Å². The van der Waals surface area contributed by atoms with Crippen molar-refractivity contribution in [3.63, 3.8) is 0 Å². The van der Waals surface area contributed by atoms with E-state index in [1.54, 1.807) is 11.1 Å². The molecule has 34 heavy (non-hydrogen) atoms. The van der Waals surface area contributed by atoms with E-state index in [1.165, 1.54) is 127 Å². The number of halogens is 1. The first-order valence-electron chi connectivity index (χ1n) is 14.5. The summed E-state index contributed by atoms with van der Waals surface area (Å²) in [5.74, 6) is 0. The van der Waals surface area contributed by atoms with Crippen molar-refractivity contribution in [2.45, 2.75) is 135 Å². The number of benzene rings is 2. The highest BCUT2D eigenvalue weighted by Gasteiger charge is 2.41. The van der Waals surface area contributed by atoms with Gasteiger partial charge in [-0.05, 0) is 35.1 Å². The van der Waals surface area contributed by atoms with Crippen molar-refractivity contribution < 1.29 is 0 Å². The summed E-state index contributed by atoms with van der Waals surface area (Å²) in [5, 5.41) is 0. The lowest BCUT2D eigenvalue weighted by Gasteiger charge is -2.33. The Morgan fingerprint density at radius 3 is 1.15 bits per heavy atom. The smallest absolute Gasteiger partial charge is 0.0215 e. The molecule has 0 spiro atoms. The summed E-state index contributed by atoms with van der Waals surface area (Å²) in [4.78, 5) is 0. The molecule has 0 aliphatic heterocycles. The molecule has 0 fully saturated rings. The molecule has 0 amide bonds. The summed E-state index contributed by atoms with van der Waals surface area (Å²) >= 11 is 0. The topological polar surface area (TPSA) is 0 Å². The third-order valence-electron chi connectivity index (χ3n) is 8.09. The van der Waals surface area contributed by atoms with Gasteiger partial charge in [-0.1, -0.05) is 165 Å². The number of rotatable bonds is 18. The Morgan fingerprint density at radius 1 is 0.441 bits per heavy atom. The van der Waals surface area contributed by atoms with Crippen molar-refractivity contribution in [2.75, 3.05) is 0 Å². The second-order valence-electron chi connectivity index (χ2n) is 10.6. The van der Waals surface area contributed by atoms with Gasteiger partial charge in [0.25, 0.3) is 0 Å². The van der Waals surface area contributed by atoms with Gasteiger partial charge in [-0.3, -0.25) is 0 Å². The van der Waals surface area contributed by atoms with Crippen molar-refractivity contribution in [1.82, 2.24) is 0 Å². The van der Waals surface area contributed by atoms with Crippen molar-refractivity contribution in [2.24, 2.45) is 0 Å². The Morgan fingerprint density at radius 2 is 0.765 bits per heavy atom. The fraction of sp³-hybridized carbons (Fsp3) is 0.636. The Balaban J connectivity index is 0.00000408. The van der Waals surface area contributed by atoms with E-state index in [1.807, 2.05) is 0 Å². The van der Waals surface area contributed by atoms with Crippen LogP contribution in [0.5, 0.6) is 0 Å². The summed E-state index contributed by atoms with van der Waals surface area (Å²) in [6.07, 6.45) is 25.1. The molecule has 2 aromatic rings. The molecule has 1 aliphatic rings. The largest absolute Gasteiger partial charge is 0.114 e. The summed E-state index contributed by atoms with van der Waals surface area (Å²) in [5.41, 5.74) is 6.51. The van der Waals surface area contributed by atoms with Crippen LogP contribution in [0.4, 0.5) is 0 Å². The molecule has 0 heterocycles. The maximum atomic E-state index is 2.45. The molecular formula is C33H51Br. The summed E-state index contributed by atoms with van der Waals surface area (Å²) in [6, 6.07) is 18.7. The molecule has 2 aromatic carbocycles. The molecule has 0 bridgehead atoms. The average Bonchev–Trinajstić information content (AvgIpc) is 3.13. The summed E-state index contributed by atoms with van der Waals surface area (Å²) in [7, 11) is 0. The van der Waals surface area contributed by atoms with Crippen LogP contribution in [-0.2, 0) is 5.41 Å². The lowest BCUT2D eigenvalue weighted by molar-refractivity contribution is 0.397. The third kappa shape index (κ3) is 7.97. The zero-order valence-electron chi connectivity index (χ0n) is 22.3. The second-order valence-corrected chi connectivity index (χ2v) is 10.6. The molecule has 1 heteroatoms. The molecule has 0 N–H and O–H groups in total. The highest BCUT2D eigenvalue weighted by Crippen LogP contribution is 2.54. The van der Waals surface area contributed by atoms with Crippen LogP contribution >= 0.6 is 17.0 Å². The van der Waals surface area contributed by atoms with Crippen molar-refractivity contribution in [3.05, 3.63) is 59.7 Å². The molecule has 0 saturated heterocycles. The van der Waals surface area contributed by atoms with Gasteiger partial charge in [0.05, 0.1) is 0 Å². The first kappa shape index (κ1) is 29.2. The van der Waals surface area contributed by atoms with Gasteiger partial charge in [-0.2, -0.15) is 0 Å². The number of fused-ring (bicyclic) bond motifs is 3. The molecule has 0 unspecified atom stereocenters. The van der Waals surface area contributed by atoms with E-state index in [-0.39, 0.29) is 22.4 Å². The lowest BCUT2D eigenvalue weighted by Crippen LogP contribution is -2.25. The predicted molar refractivity (Wildman–Crippen MR) is 157 cm³/mol. The molecule has 3 rings (SSSR count). The van der Waals surface area contributed by atoms with E-state index in [0.29, 0.717) is 0 Å². The normalized spacial score (nSPS) is 13.4. The molecule has 1 aliphatic carbocycles. The maximum Gasteiger partial charge on any atom is 0.0215 e. The quantitative estimate of drug-likeness (QED) is 0.169. The van der Waals surface area contributed by atoms with Gasteiger partial charge in [0.1, 0.15) is 0 Å². The molecule has 0 saturated carbocycles. The van der Waals surface area contributed by atoms with Crippen LogP contribution in [0.2, 0.25) is 0 Å². The zero-order chi connectivity index (χ0) is 23.2. The van der Waals surface area contributed by atoms with E-state index in [4.69, 9.17) is 0 Å². The lowest BCUT2D eigenvalue weighted by atomic mass is 9.70. The minimum atomic E-state index is 0. The van der Waals surface area contributed by atoms with Gasteiger partial charge in [0, 0.05) is 5.41 Å². The zero-order valence-corrected chi connectivity index (χ0v) is 24.0. The van der Waals surface area contributed by atoms with Crippen LogP contribution < -0.4 is 0 Å². The second kappa shape index (κ2) is 16.6. The van der Waals surface area contributed by atoms with Crippen LogP contribution in [0.1, 0.15) is 141 Å². The van der Waals surface area contributed by atoms with Gasteiger partial charge in [0.15, 0.2) is 0 Å². The van der Waals surface area contributed by atoms with Crippen molar-refractivity contribution in [3.8, 4) is 11.1 Å². The molecule has 0 radical (unpaired) electrons. The Kier molecular flexibility index (Phi) is 14.2. The van der Waals surface area contributed by atoms with Crippen LogP contribution in [0.25, 0.3) is 11.1 Å². The van der Waals surface area contributed by atoms with E-state index >= 15 is 0 Å². The molecule has 0 atom stereocenters. The van der Waals surface area contributed by atoms with Crippen LogP contribution in [0, 0.1) is 0 Å². The molecule has 0 aromatic heterocycles. The number of hydrogen-bond acceptors (Lipinski definition) is 0. The fourth-order valence-electron chi connectivity index (χ4n) is 6.20. The maximum absolute atomic E-state index is 2.45. The minimum Gasteiger partial charge on any atom is -0.114 e. The minimum absolute atomic E-state index is 0.